The zero-order valence-corrected chi connectivity index (χ0v) is 12.5. The van der Waals surface area contributed by atoms with E-state index in [0.717, 1.165) is 29.9 Å². The number of nitrogens with one attached hydrogen (secondary N) is 1. The molecule has 0 saturated carbocycles. The monoisotopic (exact) mass is 288 g/mol. The van der Waals surface area contributed by atoms with Crippen molar-refractivity contribution in [1.82, 2.24) is 15.3 Å². The first-order valence-electron chi connectivity index (χ1n) is 7.46. The Kier molecular flexibility index (Phi) is 3.86. The van der Waals surface area contributed by atoms with Gasteiger partial charge in [0.2, 0.25) is 6.10 Å². The molecule has 0 fully saturated rings. The van der Waals surface area contributed by atoms with E-state index < -0.39 is 6.10 Å². The summed E-state index contributed by atoms with van der Waals surface area (Å²) in [4.78, 5) is 26.1. The Bertz CT molecular complexity index is 598. The van der Waals surface area contributed by atoms with Crippen LogP contribution < -0.4 is 5.32 Å². The Hall–Kier alpha value is -1.98. The summed E-state index contributed by atoms with van der Waals surface area (Å²) in [6, 6.07) is 0. The van der Waals surface area contributed by atoms with Gasteiger partial charge in [-0.15, -0.1) is 0 Å². The summed E-state index contributed by atoms with van der Waals surface area (Å²) in [5.74, 6) is 0.520. The van der Waals surface area contributed by atoms with Gasteiger partial charge in [0.25, 0.3) is 5.91 Å². The first-order chi connectivity index (χ1) is 10.1. The van der Waals surface area contributed by atoms with Crippen LogP contribution >= 0.6 is 0 Å². The molecule has 0 spiro atoms. The molecule has 1 atom stereocenters. The third-order valence-corrected chi connectivity index (χ3v) is 3.97. The molecule has 1 aliphatic carbocycles. The van der Waals surface area contributed by atoms with Crippen molar-refractivity contribution in [3.63, 3.8) is 0 Å². The smallest absolute Gasteiger partial charge is 0.264 e. The highest BCUT2D eigenvalue weighted by Gasteiger charge is 2.26. The molecule has 21 heavy (non-hydrogen) atoms. The minimum atomic E-state index is -0.510. The summed E-state index contributed by atoms with van der Waals surface area (Å²) >= 11 is 0. The molecule has 0 saturated heterocycles. The molecule has 1 amide bonds. The standard InChI is InChI=1S/C15H20N4O2/c1-9-7-13(21-19-9)15(20)16-8-14-17-10(2)11-5-3-4-6-12(11)18-14/h13H,3-8H2,1-2H3,(H,16,20)/t13-/m0/s1. The molecule has 0 radical (unpaired) electrons. The quantitative estimate of drug-likeness (QED) is 0.913. The van der Waals surface area contributed by atoms with Gasteiger partial charge in [0.05, 0.1) is 12.3 Å². The van der Waals surface area contributed by atoms with Gasteiger partial charge in [-0.25, -0.2) is 9.97 Å². The third-order valence-electron chi connectivity index (χ3n) is 3.97. The summed E-state index contributed by atoms with van der Waals surface area (Å²) < 4.78 is 0. The fraction of sp³-hybridized carbons (Fsp3) is 0.600. The van der Waals surface area contributed by atoms with Gasteiger partial charge >= 0.3 is 0 Å². The number of rotatable bonds is 3. The fourth-order valence-corrected chi connectivity index (χ4v) is 2.84. The zero-order chi connectivity index (χ0) is 14.8. The molecule has 1 aliphatic heterocycles. The molecular weight excluding hydrogens is 268 g/mol. The Morgan fingerprint density at radius 2 is 2.10 bits per heavy atom. The Labute approximate surface area is 124 Å². The van der Waals surface area contributed by atoms with Gasteiger partial charge in [0.1, 0.15) is 5.82 Å². The maximum absolute atomic E-state index is 12.0. The molecule has 3 rings (SSSR count). The molecule has 6 heteroatoms. The minimum absolute atomic E-state index is 0.158. The van der Waals surface area contributed by atoms with Crippen LogP contribution in [0.15, 0.2) is 5.16 Å². The Balaban J connectivity index is 1.63. The summed E-state index contributed by atoms with van der Waals surface area (Å²) in [6.45, 7) is 4.21. The van der Waals surface area contributed by atoms with Crippen molar-refractivity contribution < 1.29 is 9.63 Å². The number of nitrogens with zero attached hydrogens (tertiary/aromatic N) is 3. The van der Waals surface area contributed by atoms with Crippen LogP contribution in [-0.4, -0.2) is 27.7 Å². The predicted octanol–water partition coefficient (Wildman–Crippen LogP) is 1.44. The number of carbonyl (C=O) groups excluding carboxylic acids is 1. The van der Waals surface area contributed by atoms with Gasteiger partial charge in [-0.05, 0) is 45.1 Å². The average molecular weight is 288 g/mol. The molecule has 1 aromatic rings. The van der Waals surface area contributed by atoms with E-state index >= 15 is 0 Å². The van der Waals surface area contributed by atoms with E-state index in [1.807, 2.05) is 13.8 Å². The number of fused-ring (bicyclic) bond motifs is 1. The van der Waals surface area contributed by atoms with Crippen molar-refractivity contribution in [2.45, 2.75) is 58.6 Å². The van der Waals surface area contributed by atoms with Gasteiger partial charge in [0, 0.05) is 17.8 Å². The van der Waals surface area contributed by atoms with Crippen molar-refractivity contribution in [3.05, 3.63) is 22.8 Å². The highest BCUT2D eigenvalue weighted by molar-refractivity contribution is 5.91. The van der Waals surface area contributed by atoms with Gasteiger partial charge in [-0.3, -0.25) is 4.79 Å². The second kappa shape index (κ2) is 5.79. The van der Waals surface area contributed by atoms with Gasteiger partial charge in [0.15, 0.2) is 0 Å². The first kappa shape index (κ1) is 14.0. The summed E-state index contributed by atoms with van der Waals surface area (Å²) in [5, 5.41) is 6.62. The van der Waals surface area contributed by atoms with Crippen LogP contribution in [0.5, 0.6) is 0 Å². The van der Waals surface area contributed by atoms with E-state index in [0.29, 0.717) is 18.8 Å². The number of amides is 1. The Morgan fingerprint density at radius 3 is 2.86 bits per heavy atom. The average Bonchev–Trinajstić information content (AvgIpc) is 2.91. The summed E-state index contributed by atoms with van der Waals surface area (Å²) in [6.07, 6.45) is 4.52. The van der Waals surface area contributed by atoms with E-state index in [9.17, 15) is 4.79 Å². The van der Waals surface area contributed by atoms with Crippen LogP contribution in [0, 0.1) is 6.92 Å². The number of aryl methyl sites for hydroxylation is 2. The number of aromatic nitrogens is 2. The maximum atomic E-state index is 12.0. The minimum Gasteiger partial charge on any atom is -0.382 e. The van der Waals surface area contributed by atoms with Gasteiger partial charge in [-0.2, -0.15) is 0 Å². The predicted molar refractivity (Wildman–Crippen MR) is 77.9 cm³/mol. The van der Waals surface area contributed by atoms with Gasteiger partial charge < -0.3 is 10.2 Å². The lowest BCUT2D eigenvalue weighted by molar-refractivity contribution is -0.131. The van der Waals surface area contributed by atoms with E-state index in [1.54, 1.807) is 0 Å². The van der Waals surface area contributed by atoms with Crippen LogP contribution in [0.3, 0.4) is 0 Å². The summed E-state index contributed by atoms with van der Waals surface area (Å²) in [7, 11) is 0. The van der Waals surface area contributed by atoms with E-state index in [1.165, 1.54) is 18.4 Å². The lowest BCUT2D eigenvalue weighted by Gasteiger charge is -2.17. The molecule has 1 N–H and O–H groups in total. The zero-order valence-electron chi connectivity index (χ0n) is 12.5. The van der Waals surface area contributed by atoms with Crippen LogP contribution in [0.25, 0.3) is 0 Å². The molecule has 1 aromatic heterocycles. The summed E-state index contributed by atoms with van der Waals surface area (Å²) in [5.41, 5.74) is 4.32. The molecule has 2 aliphatic rings. The van der Waals surface area contributed by atoms with Crippen molar-refractivity contribution in [2.75, 3.05) is 0 Å². The van der Waals surface area contributed by atoms with E-state index in [4.69, 9.17) is 4.84 Å². The van der Waals surface area contributed by atoms with Crippen LogP contribution in [0.1, 0.15) is 49.0 Å². The van der Waals surface area contributed by atoms with Crippen LogP contribution in [0.2, 0.25) is 0 Å². The number of hydrogen-bond acceptors (Lipinski definition) is 5. The molecule has 0 aromatic carbocycles. The normalized spacial score (nSPS) is 20.5. The molecule has 112 valence electrons. The molecule has 6 nitrogen and oxygen atoms in total. The highest BCUT2D eigenvalue weighted by Crippen LogP contribution is 2.21. The number of carbonyl (C=O) groups is 1. The van der Waals surface area contributed by atoms with E-state index in [-0.39, 0.29) is 5.91 Å². The Morgan fingerprint density at radius 1 is 1.29 bits per heavy atom. The van der Waals surface area contributed by atoms with E-state index in [2.05, 4.69) is 20.4 Å². The fourth-order valence-electron chi connectivity index (χ4n) is 2.84. The first-order valence-corrected chi connectivity index (χ1v) is 7.46. The van der Waals surface area contributed by atoms with Crippen LogP contribution in [0.4, 0.5) is 0 Å². The lowest BCUT2D eigenvalue weighted by atomic mass is 9.95. The highest BCUT2D eigenvalue weighted by atomic mass is 16.6. The SMILES string of the molecule is CC1=NO[C@H](C(=O)NCc2nc(C)c3c(n2)CCCC3)C1. The molecular formula is C15H20N4O2. The molecule has 2 heterocycles. The lowest BCUT2D eigenvalue weighted by Crippen LogP contribution is -2.34. The van der Waals surface area contributed by atoms with Crippen molar-refractivity contribution in [2.24, 2.45) is 5.16 Å². The largest absolute Gasteiger partial charge is 0.382 e. The molecule has 0 bridgehead atoms. The van der Waals surface area contributed by atoms with Crippen molar-refractivity contribution >= 4 is 11.6 Å². The second-order valence-corrected chi connectivity index (χ2v) is 5.70. The molecule has 0 unspecified atom stereocenters. The van der Waals surface area contributed by atoms with Crippen molar-refractivity contribution in [3.8, 4) is 0 Å². The number of oxime groups is 1. The second-order valence-electron chi connectivity index (χ2n) is 5.70. The topological polar surface area (TPSA) is 76.5 Å². The van der Waals surface area contributed by atoms with Crippen molar-refractivity contribution in [1.29, 1.82) is 0 Å². The van der Waals surface area contributed by atoms with Crippen LogP contribution in [-0.2, 0) is 29.0 Å². The third kappa shape index (κ3) is 3.04. The maximum Gasteiger partial charge on any atom is 0.264 e. The number of hydrogen-bond donors (Lipinski definition) is 1. The van der Waals surface area contributed by atoms with Gasteiger partial charge in [-0.1, -0.05) is 5.16 Å².